The molecule has 0 fully saturated rings. The molecule has 4 nitrogen and oxygen atoms in total. The predicted octanol–water partition coefficient (Wildman–Crippen LogP) is 7.80. The van der Waals surface area contributed by atoms with E-state index < -0.39 is 0 Å². The number of nitrogens with one attached hydrogen (secondary N) is 1. The van der Waals surface area contributed by atoms with Gasteiger partial charge in [-0.3, -0.25) is 4.79 Å². The van der Waals surface area contributed by atoms with Crippen molar-refractivity contribution in [2.45, 2.75) is 26.2 Å². The van der Waals surface area contributed by atoms with E-state index >= 15 is 0 Å². The molecule has 0 unspecified atom stereocenters. The van der Waals surface area contributed by atoms with Gasteiger partial charge in [0.1, 0.15) is 10.8 Å². The number of rotatable bonds is 5. The van der Waals surface area contributed by atoms with Gasteiger partial charge in [0, 0.05) is 14.5 Å². The smallest absolute Gasteiger partial charge is 0.262 e. The molecule has 4 rings (SSSR count). The van der Waals surface area contributed by atoms with E-state index in [1.807, 2.05) is 60.7 Å². The number of hydrogen-bond donors (Lipinski definition) is 1. The minimum absolute atomic E-state index is 0.0702. The summed E-state index contributed by atoms with van der Waals surface area (Å²) in [5.74, 6) is 0.421. The molecule has 0 aliphatic carbocycles. The number of nitrogens with zero attached hydrogens (tertiary/aromatic N) is 1. The molecule has 0 atom stereocenters. The second-order valence-corrected chi connectivity index (χ2v) is 11.2. The van der Waals surface area contributed by atoms with Gasteiger partial charge >= 0.3 is 0 Å². The molecule has 1 aromatic heterocycles. The summed E-state index contributed by atoms with van der Waals surface area (Å²) >= 11 is 8.71. The van der Waals surface area contributed by atoms with Crippen LogP contribution in [0, 0.1) is 0 Å². The number of carbonyl (C=O) groups excluding carboxylic acids is 1. The van der Waals surface area contributed by atoms with Crippen molar-refractivity contribution in [2.75, 3.05) is 11.9 Å². The third-order valence-electron chi connectivity index (χ3n) is 4.93. The van der Waals surface area contributed by atoms with E-state index in [-0.39, 0.29) is 17.9 Å². The van der Waals surface area contributed by atoms with Crippen LogP contribution in [-0.4, -0.2) is 17.5 Å². The number of carbonyl (C=O) groups is 1. The zero-order chi connectivity index (χ0) is 22.9. The Labute approximate surface area is 208 Å². The van der Waals surface area contributed by atoms with Gasteiger partial charge in [-0.25, -0.2) is 4.98 Å². The molecule has 7 heteroatoms. The third kappa shape index (κ3) is 5.22. The van der Waals surface area contributed by atoms with Crippen molar-refractivity contribution < 1.29 is 9.53 Å². The molecule has 0 bridgehead atoms. The van der Waals surface area contributed by atoms with Crippen molar-refractivity contribution in [3.8, 4) is 16.3 Å². The first-order chi connectivity index (χ1) is 15.2. The predicted molar refractivity (Wildman–Crippen MR) is 140 cm³/mol. The van der Waals surface area contributed by atoms with Crippen LogP contribution in [0.3, 0.4) is 0 Å². The molecule has 0 saturated carbocycles. The first kappa shape index (κ1) is 23.0. The monoisotopic (exact) mass is 572 g/mol. The molecule has 0 aliphatic rings. The lowest BCUT2D eigenvalue weighted by atomic mass is 9.87. The minimum Gasteiger partial charge on any atom is -0.484 e. The van der Waals surface area contributed by atoms with Gasteiger partial charge in [-0.15, -0.1) is 11.3 Å². The van der Waals surface area contributed by atoms with Crippen LogP contribution in [0.1, 0.15) is 26.3 Å². The van der Waals surface area contributed by atoms with E-state index in [1.165, 1.54) is 5.56 Å². The number of para-hydroxylation sites is 1. The van der Waals surface area contributed by atoms with Gasteiger partial charge in [0.2, 0.25) is 0 Å². The lowest BCUT2D eigenvalue weighted by Crippen LogP contribution is -2.21. The van der Waals surface area contributed by atoms with Gasteiger partial charge in [0.05, 0.1) is 15.9 Å². The molecule has 32 heavy (non-hydrogen) atoms. The second kappa shape index (κ2) is 9.33. The van der Waals surface area contributed by atoms with Crippen molar-refractivity contribution in [2.24, 2.45) is 0 Å². The topological polar surface area (TPSA) is 51.2 Å². The molecule has 0 spiro atoms. The Balaban J connectivity index is 1.53. The van der Waals surface area contributed by atoms with Gasteiger partial charge in [-0.1, -0.05) is 61.0 Å². The van der Waals surface area contributed by atoms with Crippen LogP contribution in [0.15, 0.2) is 69.6 Å². The summed E-state index contributed by atoms with van der Waals surface area (Å²) in [4.78, 5) is 17.5. The SMILES string of the molecule is CC(C)(C)c1ccc(OCC(=O)Nc2c(Br)cc(Br)cc2-c2nc3ccccc3s2)cc1. The molecule has 164 valence electrons. The number of ether oxygens (including phenoxy) is 1. The van der Waals surface area contributed by atoms with Gasteiger partial charge in [-0.05, 0) is 63.3 Å². The molecule has 1 heterocycles. The number of thiazole rings is 1. The Morgan fingerprint density at radius 1 is 1.06 bits per heavy atom. The number of aromatic nitrogens is 1. The molecule has 1 amide bonds. The number of benzene rings is 3. The summed E-state index contributed by atoms with van der Waals surface area (Å²) in [5, 5.41) is 3.83. The number of anilines is 1. The van der Waals surface area contributed by atoms with Crippen molar-refractivity contribution in [3.05, 3.63) is 75.2 Å². The summed E-state index contributed by atoms with van der Waals surface area (Å²) in [5.41, 5.74) is 3.73. The fourth-order valence-electron chi connectivity index (χ4n) is 3.23. The van der Waals surface area contributed by atoms with Crippen LogP contribution in [0.4, 0.5) is 5.69 Å². The summed E-state index contributed by atoms with van der Waals surface area (Å²) in [6.45, 7) is 6.40. The van der Waals surface area contributed by atoms with E-state index in [9.17, 15) is 4.79 Å². The lowest BCUT2D eigenvalue weighted by molar-refractivity contribution is -0.118. The maximum atomic E-state index is 12.7. The molecule has 3 aromatic carbocycles. The lowest BCUT2D eigenvalue weighted by Gasteiger charge is -2.19. The third-order valence-corrected chi connectivity index (χ3v) is 7.09. The first-order valence-corrected chi connectivity index (χ1v) is 12.5. The number of fused-ring (bicyclic) bond motifs is 1. The summed E-state index contributed by atoms with van der Waals surface area (Å²) < 4.78 is 8.47. The molecular weight excluding hydrogens is 552 g/mol. The van der Waals surface area contributed by atoms with Crippen LogP contribution in [0.25, 0.3) is 20.8 Å². The van der Waals surface area contributed by atoms with Crippen molar-refractivity contribution in [3.63, 3.8) is 0 Å². The zero-order valence-corrected chi connectivity index (χ0v) is 21.9. The quantitative estimate of drug-likeness (QED) is 0.265. The van der Waals surface area contributed by atoms with Crippen molar-refractivity contribution in [1.82, 2.24) is 4.98 Å². The van der Waals surface area contributed by atoms with Crippen LogP contribution < -0.4 is 10.1 Å². The number of hydrogen-bond acceptors (Lipinski definition) is 4. The van der Waals surface area contributed by atoms with Gasteiger partial charge in [-0.2, -0.15) is 0 Å². The molecule has 4 aromatic rings. The average Bonchev–Trinajstić information content (AvgIpc) is 3.18. The Morgan fingerprint density at radius 3 is 2.47 bits per heavy atom. The standard InChI is InChI=1S/C25H22Br2N2O2S/c1-25(2,3)15-8-10-17(11-9-15)31-14-22(30)29-23-18(12-16(26)13-19(23)27)24-28-20-6-4-5-7-21(20)32-24/h4-13H,14H2,1-3H3,(H,29,30). The summed E-state index contributed by atoms with van der Waals surface area (Å²) in [6.07, 6.45) is 0. The molecule has 0 aliphatic heterocycles. The highest BCUT2D eigenvalue weighted by Gasteiger charge is 2.18. The van der Waals surface area contributed by atoms with Crippen molar-refractivity contribution in [1.29, 1.82) is 0 Å². The normalized spacial score (nSPS) is 11.5. The highest BCUT2D eigenvalue weighted by Crippen LogP contribution is 2.40. The molecule has 1 N–H and O–H groups in total. The number of amides is 1. The van der Waals surface area contributed by atoms with E-state index in [4.69, 9.17) is 9.72 Å². The van der Waals surface area contributed by atoms with Crippen LogP contribution in [-0.2, 0) is 10.2 Å². The first-order valence-electron chi connectivity index (χ1n) is 10.1. The Kier molecular flexibility index (Phi) is 6.70. The largest absolute Gasteiger partial charge is 0.484 e. The highest BCUT2D eigenvalue weighted by atomic mass is 79.9. The summed E-state index contributed by atoms with van der Waals surface area (Å²) in [7, 11) is 0. The minimum atomic E-state index is -0.240. The fraction of sp³-hybridized carbons (Fsp3) is 0.200. The Hall–Kier alpha value is -2.22. The van der Waals surface area contributed by atoms with E-state index in [0.717, 1.165) is 29.7 Å². The Bertz CT molecular complexity index is 1240. The fourth-order valence-corrected chi connectivity index (χ4v) is 5.54. The van der Waals surface area contributed by atoms with Crippen LogP contribution >= 0.6 is 43.2 Å². The van der Waals surface area contributed by atoms with Gasteiger partial charge < -0.3 is 10.1 Å². The highest BCUT2D eigenvalue weighted by molar-refractivity contribution is 9.11. The van der Waals surface area contributed by atoms with Gasteiger partial charge in [0.25, 0.3) is 5.91 Å². The Morgan fingerprint density at radius 2 is 1.78 bits per heavy atom. The van der Waals surface area contributed by atoms with Crippen LogP contribution in [0.5, 0.6) is 5.75 Å². The van der Waals surface area contributed by atoms with Gasteiger partial charge in [0.15, 0.2) is 6.61 Å². The number of halogens is 2. The molecule has 0 radical (unpaired) electrons. The second-order valence-electron chi connectivity index (χ2n) is 8.41. The summed E-state index contributed by atoms with van der Waals surface area (Å²) in [6, 6.07) is 19.7. The average molecular weight is 574 g/mol. The van der Waals surface area contributed by atoms with E-state index in [1.54, 1.807) is 11.3 Å². The van der Waals surface area contributed by atoms with E-state index in [2.05, 4.69) is 57.9 Å². The van der Waals surface area contributed by atoms with Crippen LogP contribution in [0.2, 0.25) is 0 Å². The maximum Gasteiger partial charge on any atom is 0.262 e. The van der Waals surface area contributed by atoms with E-state index in [0.29, 0.717) is 11.4 Å². The molecule has 0 saturated heterocycles. The molecular formula is C25H22Br2N2O2S. The zero-order valence-electron chi connectivity index (χ0n) is 17.9. The van der Waals surface area contributed by atoms with Crippen molar-refractivity contribution >= 4 is 65.0 Å². The maximum absolute atomic E-state index is 12.7.